The zero-order valence-electron chi connectivity index (χ0n) is 11.7. The second kappa shape index (κ2) is 4.30. The molecule has 2 fully saturated rings. The molecule has 2 aliphatic rings. The second-order valence-corrected chi connectivity index (χ2v) is 6.79. The van der Waals surface area contributed by atoms with Crippen LogP contribution in [0.25, 0.3) is 0 Å². The van der Waals surface area contributed by atoms with E-state index in [4.69, 9.17) is 0 Å². The summed E-state index contributed by atoms with van der Waals surface area (Å²) in [5.41, 5.74) is 0.643. The first kappa shape index (κ1) is 12.4. The Hall–Kier alpha value is -0.0800. The second-order valence-electron chi connectivity index (χ2n) is 6.79. The van der Waals surface area contributed by atoms with Crippen LogP contribution in [0.2, 0.25) is 0 Å². The molecule has 1 unspecified atom stereocenters. The van der Waals surface area contributed by atoms with Gasteiger partial charge in [0.05, 0.1) is 0 Å². The number of hydrogen-bond acceptors (Lipinski definition) is 2. The van der Waals surface area contributed by atoms with E-state index >= 15 is 0 Å². The van der Waals surface area contributed by atoms with E-state index in [-0.39, 0.29) is 0 Å². The average molecular weight is 224 g/mol. The van der Waals surface area contributed by atoms with Gasteiger partial charge in [-0.2, -0.15) is 0 Å². The van der Waals surface area contributed by atoms with Gasteiger partial charge in [0.1, 0.15) is 0 Å². The molecule has 2 saturated heterocycles. The molecule has 1 spiro atoms. The Morgan fingerprint density at radius 1 is 1.06 bits per heavy atom. The van der Waals surface area contributed by atoms with Gasteiger partial charge in [0.2, 0.25) is 0 Å². The third-order valence-corrected chi connectivity index (χ3v) is 4.56. The van der Waals surface area contributed by atoms with E-state index in [2.05, 4.69) is 44.5 Å². The minimum atomic E-state index is 0.643. The third kappa shape index (κ3) is 2.14. The van der Waals surface area contributed by atoms with E-state index in [1.54, 1.807) is 0 Å². The number of hydrogen-bond donors (Lipinski definition) is 0. The van der Waals surface area contributed by atoms with Crippen molar-refractivity contribution in [1.82, 2.24) is 9.80 Å². The molecule has 0 aromatic carbocycles. The number of likely N-dealkylation sites (tertiary alicyclic amines) is 2. The van der Waals surface area contributed by atoms with Crippen molar-refractivity contribution >= 4 is 0 Å². The first-order chi connectivity index (χ1) is 7.43. The molecular formula is C14H28N2. The lowest BCUT2D eigenvalue weighted by Crippen LogP contribution is -2.64. The molecule has 1 atom stereocenters. The SMILES string of the molecule is CC(C)C1CCC2(CN(C)C2)CN1C(C)C. The molecule has 16 heavy (non-hydrogen) atoms. The maximum absolute atomic E-state index is 2.77. The van der Waals surface area contributed by atoms with Gasteiger partial charge >= 0.3 is 0 Å². The van der Waals surface area contributed by atoms with Crippen LogP contribution in [0.3, 0.4) is 0 Å². The number of rotatable bonds is 2. The maximum atomic E-state index is 2.77. The molecule has 2 nitrogen and oxygen atoms in total. The van der Waals surface area contributed by atoms with Crippen LogP contribution in [0.5, 0.6) is 0 Å². The van der Waals surface area contributed by atoms with E-state index in [9.17, 15) is 0 Å². The molecule has 0 amide bonds. The fraction of sp³-hybridized carbons (Fsp3) is 1.00. The van der Waals surface area contributed by atoms with Crippen LogP contribution < -0.4 is 0 Å². The van der Waals surface area contributed by atoms with Gasteiger partial charge < -0.3 is 4.90 Å². The van der Waals surface area contributed by atoms with Crippen molar-refractivity contribution in [2.45, 2.75) is 52.6 Å². The molecule has 2 rings (SSSR count). The van der Waals surface area contributed by atoms with Gasteiger partial charge in [-0.1, -0.05) is 13.8 Å². The van der Waals surface area contributed by atoms with Gasteiger partial charge in [0.25, 0.3) is 0 Å². The van der Waals surface area contributed by atoms with Crippen LogP contribution in [-0.4, -0.2) is 48.6 Å². The standard InChI is InChI=1S/C14H28N2/c1-11(2)13-6-7-14(8-15(5)9-14)10-16(13)12(3)4/h11-13H,6-10H2,1-5H3. The van der Waals surface area contributed by atoms with Gasteiger partial charge in [-0.3, -0.25) is 4.90 Å². The first-order valence-electron chi connectivity index (χ1n) is 6.88. The van der Waals surface area contributed by atoms with E-state index in [0.717, 1.165) is 12.0 Å². The van der Waals surface area contributed by atoms with Crippen molar-refractivity contribution in [3.8, 4) is 0 Å². The Morgan fingerprint density at radius 2 is 1.69 bits per heavy atom. The highest BCUT2D eigenvalue weighted by Crippen LogP contribution is 2.42. The van der Waals surface area contributed by atoms with Crippen molar-refractivity contribution in [3.05, 3.63) is 0 Å². The first-order valence-corrected chi connectivity index (χ1v) is 6.88. The molecule has 2 heteroatoms. The summed E-state index contributed by atoms with van der Waals surface area (Å²) in [4.78, 5) is 5.23. The van der Waals surface area contributed by atoms with Gasteiger partial charge in [-0.25, -0.2) is 0 Å². The lowest BCUT2D eigenvalue weighted by Gasteiger charge is -2.57. The van der Waals surface area contributed by atoms with Crippen molar-refractivity contribution < 1.29 is 0 Å². The van der Waals surface area contributed by atoms with E-state index in [0.29, 0.717) is 11.5 Å². The van der Waals surface area contributed by atoms with Crippen molar-refractivity contribution in [2.24, 2.45) is 11.3 Å². The molecule has 2 heterocycles. The summed E-state index contributed by atoms with van der Waals surface area (Å²) in [7, 11) is 2.25. The Labute approximate surface area is 101 Å². The Kier molecular flexibility index (Phi) is 3.33. The minimum Gasteiger partial charge on any atom is -0.305 e. The highest BCUT2D eigenvalue weighted by Gasteiger charge is 2.47. The lowest BCUT2D eigenvalue weighted by atomic mass is 9.70. The van der Waals surface area contributed by atoms with Crippen molar-refractivity contribution in [1.29, 1.82) is 0 Å². The summed E-state index contributed by atoms with van der Waals surface area (Å²) >= 11 is 0. The predicted molar refractivity (Wildman–Crippen MR) is 69.6 cm³/mol. The monoisotopic (exact) mass is 224 g/mol. The van der Waals surface area contributed by atoms with Gasteiger partial charge in [0.15, 0.2) is 0 Å². The maximum Gasteiger partial charge on any atom is 0.0121 e. The fourth-order valence-corrected chi connectivity index (χ4v) is 3.84. The summed E-state index contributed by atoms with van der Waals surface area (Å²) in [6.45, 7) is 13.4. The zero-order chi connectivity index (χ0) is 11.9. The molecule has 94 valence electrons. The lowest BCUT2D eigenvalue weighted by molar-refractivity contribution is -0.0778. The summed E-state index contributed by atoms with van der Waals surface area (Å²) < 4.78 is 0. The summed E-state index contributed by atoms with van der Waals surface area (Å²) in [6.07, 6.45) is 2.85. The Morgan fingerprint density at radius 3 is 2.12 bits per heavy atom. The van der Waals surface area contributed by atoms with E-state index < -0.39 is 0 Å². The molecule has 0 aromatic heterocycles. The van der Waals surface area contributed by atoms with E-state index in [1.165, 1.54) is 32.5 Å². The van der Waals surface area contributed by atoms with Crippen LogP contribution in [0.15, 0.2) is 0 Å². The fourth-order valence-electron chi connectivity index (χ4n) is 3.84. The smallest absolute Gasteiger partial charge is 0.0121 e. The van der Waals surface area contributed by atoms with E-state index in [1.807, 2.05) is 0 Å². The summed E-state index contributed by atoms with van der Waals surface area (Å²) in [5, 5.41) is 0. The minimum absolute atomic E-state index is 0.643. The van der Waals surface area contributed by atoms with Crippen LogP contribution in [0.4, 0.5) is 0 Å². The van der Waals surface area contributed by atoms with Gasteiger partial charge in [0, 0.05) is 37.1 Å². The highest BCUT2D eigenvalue weighted by atomic mass is 15.3. The van der Waals surface area contributed by atoms with Crippen LogP contribution >= 0.6 is 0 Å². The molecule has 2 aliphatic heterocycles. The van der Waals surface area contributed by atoms with Crippen molar-refractivity contribution in [3.63, 3.8) is 0 Å². The Bertz CT molecular complexity index is 241. The highest BCUT2D eigenvalue weighted by molar-refractivity contribution is 5.01. The molecule has 0 N–H and O–H groups in total. The molecule has 0 aromatic rings. The van der Waals surface area contributed by atoms with Gasteiger partial charge in [-0.05, 0) is 39.7 Å². The molecule has 0 saturated carbocycles. The van der Waals surface area contributed by atoms with Crippen LogP contribution in [0.1, 0.15) is 40.5 Å². The predicted octanol–water partition coefficient (Wildman–Crippen LogP) is 2.45. The summed E-state index contributed by atoms with van der Waals surface area (Å²) in [6, 6.07) is 1.52. The third-order valence-electron chi connectivity index (χ3n) is 4.56. The van der Waals surface area contributed by atoms with Crippen LogP contribution in [0, 0.1) is 11.3 Å². The Balaban J connectivity index is 2.04. The number of piperidine rings is 1. The number of nitrogens with zero attached hydrogens (tertiary/aromatic N) is 2. The average Bonchev–Trinajstić information content (AvgIpc) is 2.15. The molecular weight excluding hydrogens is 196 g/mol. The van der Waals surface area contributed by atoms with Crippen LogP contribution in [-0.2, 0) is 0 Å². The summed E-state index contributed by atoms with van der Waals surface area (Å²) in [5.74, 6) is 0.803. The normalized spacial score (nSPS) is 31.3. The zero-order valence-corrected chi connectivity index (χ0v) is 11.7. The van der Waals surface area contributed by atoms with Gasteiger partial charge in [-0.15, -0.1) is 0 Å². The topological polar surface area (TPSA) is 6.48 Å². The largest absolute Gasteiger partial charge is 0.305 e. The van der Waals surface area contributed by atoms with Crippen molar-refractivity contribution in [2.75, 3.05) is 26.7 Å². The quantitative estimate of drug-likeness (QED) is 0.711. The molecule has 0 radical (unpaired) electrons. The molecule has 0 bridgehead atoms. The molecule has 0 aliphatic carbocycles.